The minimum absolute atomic E-state index is 0.227. The van der Waals surface area contributed by atoms with E-state index in [1.165, 1.54) is 23.8 Å². The predicted molar refractivity (Wildman–Crippen MR) is 115 cm³/mol. The van der Waals surface area contributed by atoms with Gasteiger partial charge in [0.15, 0.2) is 0 Å². The van der Waals surface area contributed by atoms with Gasteiger partial charge in [-0.05, 0) is 60.9 Å². The van der Waals surface area contributed by atoms with Gasteiger partial charge in [-0.2, -0.15) is 0 Å². The molecule has 150 valence electrons. The highest BCUT2D eigenvalue weighted by molar-refractivity contribution is 7.92. The van der Waals surface area contributed by atoms with Crippen molar-refractivity contribution in [2.24, 2.45) is 11.8 Å². The van der Waals surface area contributed by atoms with Crippen molar-refractivity contribution in [1.82, 2.24) is 4.90 Å². The van der Waals surface area contributed by atoms with E-state index in [0.717, 1.165) is 32.5 Å². The minimum Gasteiger partial charge on any atom is -0.303 e. The van der Waals surface area contributed by atoms with Crippen molar-refractivity contribution in [3.63, 3.8) is 0 Å². The number of benzene rings is 2. The third-order valence-corrected chi connectivity index (χ3v) is 7.29. The summed E-state index contributed by atoms with van der Waals surface area (Å²) in [6, 6.07) is 18.8. The van der Waals surface area contributed by atoms with Gasteiger partial charge in [0, 0.05) is 24.2 Å². The number of fused-ring (bicyclic) bond motifs is 1. The van der Waals surface area contributed by atoms with Crippen LogP contribution in [0.3, 0.4) is 0 Å². The number of piperidine rings is 1. The molecule has 0 bridgehead atoms. The second-order valence-electron chi connectivity index (χ2n) is 8.41. The zero-order chi connectivity index (χ0) is 19.8. The van der Waals surface area contributed by atoms with Crippen LogP contribution in [0.1, 0.15) is 30.9 Å². The Hall–Kier alpha value is -1.85. The van der Waals surface area contributed by atoms with E-state index < -0.39 is 10.0 Å². The molecule has 0 aromatic heterocycles. The number of hydrogen-bond donors (Lipinski definition) is 1. The normalized spacial score (nSPS) is 26.8. The lowest BCUT2D eigenvalue weighted by Gasteiger charge is -2.27. The summed E-state index contributed by atoms with van der Waals surface area (Å²) >= 11 is 0. The Kier molecular flexibility index (Phi) is 5.23. The number of aryl methyl sites for hydroxylation is 1. The molecule has 5 heteroatoms. The summed E-state index contributed by atoms with van der Waals surface area (Å²) in [5.74, 6) is 1.39. The molecule has 2 aromatic carbocycles. The van der Waals surface area contributed by atoms with E-state index >= 15 is 0 Å². The fraction of sp³-hybridized carbons (Fsp3) is 0.478. The maximum Gasteiger partial charge on any atom is 0.229 e. The molecule has 1 saturated carbocycles. The summed E-state index contributed by atoms with van der Waals surface area (Å²) in [7, 11) is -3.24. The van der Waals surface area contributed by atoms with Crippen LogP contribution >= 0.6 is 0 Å². The van der Waals surface area contributed by atoms with Gasteiger partial charge < -0.3 is 4.90 Å². The summed E-state index contributed by atoms with van der Waals surface area (Å²) < 4.78 is 25.8. The fourth-order valence-electron chi connectivity index (χ4n) is 5.39. The molecule has 0 spiro atoms. The van der Waals surface area contributed by atoms with Crippen molar-refractivity contribution in [3.05, 3.63) is 65.7 Å². The standard InChI is InChI=1S/C23H30N2O2S/c1-3-23(19-12-7-13-20(15-19)24-28(2,26)27)21-16-25(17-22(21)23)14-8-11-18-9-5-4-6-10-18/h4-7,9-10,12-13,15,21-22,24H,3,8,11,14,16-17H2,1-2H3/t21-,22+,23?. The van der Waals surface area contributed by atoms with Gasteiger partial charge in [-0.1, -0.05) is 49.4 Å². The van der Waals surface area contributed by atoms with Gasteiger partial charge in [-0.25, -0.2) is 8.42 Å². The van der Waals surface area contributed by atoms with Crippen LogP contribution in [0, 0.1) is 11.8 Å². The van der Waals surface area contributed by atoms with Gasteiger partial charge in [0.2, 0.25) is 10.0 Å². The summed E-state index contributed by atoms with van der Waals surface area (Å²) in [4.78, 5) is 2.62. The highest BCUT2D eigenvalue weighted by Crippen LogP contribution is 2.65. The van der Waals surface area contributed by atoms with Crippen LogP contribution < -0.4 is 4.72 Å². The Balaban J connectivity index is 1.37. The summed E-state index contributed by atoms with van der Waals surface area (Å²) in [6.45, 7) is 5.76. The van der Waals surface area contributed by atoms with Crippen molar-refractivity contribution < 1.29 is 8.42 Å². The molecule has 3 atom stereocenters. The molecule has 1 saturated heterocycles. The zero-order valence-electron chi connectivity index (χ0n) is 16.8. The molecule has 0 amide bonds. The van der Waals surface area contributed by atoms with Gasteiger partial charge in [0.25, 0.3) is 0 Å². The van der Waals surface area contributed by atoms with Crippen LogP contribution in [0.25, 0.3) is 0 Å². The van der Waals surface area contributed by atoms with Crippen LogP contribution in [0.15, 0.2) is 54.6 Å². The van der Waals surface area contributed by atoms with E-state index in [1.54, 1.807) is 0 Å². The minimum atomic E-state index is -3.24. The van der Waals surface area contributed by atoms with Crippen LogP contribution in [0.4, 0.5) is 5.69 Å². The molecule has 2 fully saturated rings. The number of likely N-dealkylation sites (tertiary alicyclic amines) is 1. The molecular weight excluding hydrogens is 368 g/mol. The quantitative estimate of drug-likeness (QED) is 0.734. The maximum absolute atomic E-state index is 11.6. The Labute approximate surface area is 169 Å². The molecule has 4 rings (SSSR count). The number of sulfonamides is 1. The van der Waals surface area contributed by atoms with Crippen LogP contribution in [0.5, 0.6) is 0 Å². The number of hydrogen-bond acceptors (Lipinski definition) is 3. The average Bonchev–Trinajstić information content (AvgIpc) is 3.04. The number of rotatable bonds is 8. The first kappa shape index (κ1) is 19.5. The lowest BCUT2D eigenvalue weighted by atomic mass is 9.87. The van der Waals surface area contributed by atoms with Gasteiger partial charge in [-0.15, -0.1) is 0 Å². The second-order valence-corrected chi connectivity index (χ2v) is 10.2. The second kappa shape index (κ2) is 7.53. The van der Waals surface area contributed by atoms with E-state index in [-0.39, 0.29) is 5.41 Å². The van der Waals surface area contributed by atoms with E-state index in [4.69, 9.17) is 0 Å². The van der Waals surface area contributed by atoms with Gasteiger partial charge in [0.1, 0.15) is 0 Å². The first-order valence-electron chi connectivity index (χ1n) is 10.3. The molecule has 1 aliphatic carbocycles. The van der Waals surface area contributed by atoms with Crippen molar-refractivity contribution in [1.29, 1.82) is 0 Å². The largest absolute Gasteiger partial charge is 0.303 e. The first-order valence-corrected chi connectivity index (χ1v) is 12.2. The summed E-state index contributed by atoms with van der Waals surface area (Å²) in [5.41, 5.74) is 3.62. The number of nitrogens with zero attached hydrogens (tertiary/aromatic N) is 1. The highest BCUT2D eigenvalue weighted by atomic mass is 32.2. The maximum atomic E-state index is 11.6. The Morgan fingerprint density at radius 2 is 1.79 bits per heavy atom. The molecule has 4 nitrogen and oxygen atoms in total. The molecule has 2 aromatic rings. The van der Waals surface area contributed by atoms with E-state index in [1.807, 2.05) is 18.2 Å². The van der Waals surface area contributed by atoms with Crippen LogP contribution in [-0.2, 0) is 21.9 Å². The summed E-state index contributed by atoms with van der Waals surface area (Å²) in [5, 5.41) is 0. The molecular formula is C23H30N2O2S. The lowest BCUT2D eigenvalue weighted by molar-refractivity contribution is 0.266. The summed E-state index contributed by atoms with van der Waals surface area (Å²) in [6.07, 6.45) is 4.66. The molecule has 1 aliphatic heterocycles. The fourth-order valence-corrected chi connectivity index (χ4v) is 5.95. The Morgan fingerprint density at radius 1 is 1.07 bits per heavy atom. The SMILES string of the molecule is CCC1(c2cccc(NS(C)(=O)=O)c2)[C@@H]2CN(CCCc3ccccc3)C[C@@H]21. The Morgan fingerprint density at radius 3 is 2.43 bits per heavy atom. The monoisotopic (exact) mass is 398 g/mol. The van der Waals surface area contributed by atoms with Crippen molar-refractivity contribution in [2.75, 3.05) is 30.6 Å². The average molecular weight is 399 g/mol. The van der Waals surface area contributed by atoms with Crippen molar-refractivity contribution >= 4 is 15.7 Å². The van der Waals surface area contributed by atoms with E-state index in [2.05, 4.69) is 52.9 Å². The van der Waals surface area contributed by atoms with Crippen LogP contribution in [0.2, 0.25) is 0 Å². The van der Waals surface area contributed by atoms with E-state index in [0.29, 0.717) is 17.5 Å². The third kappa shape index (κ3) is 3.83. The number of nitrogens with one attached hydrogen (secondary N) is 1. The molecule has 2 aliphatic rings. The molecule has 1 N–H and O–H groups in total. The molecule has 1 heterocycles. The van der Waals surface area contributed by atoms with Gasteiger partial charge in [-0.3, -0.25) is 4.72 Å². The van der Waals surface area contributed by atoms with Gasteiger partial charge >= 0.3 is 0 Å². The zero-order valence-corrected chi connectivity index (χ0v) is 17.6. The third-order valence-electron chi connectivity index (χ3n) is 6.68. The van der Waals surface area contributed by atoms with Gasteiger partial charge in [0.05, 0.1) is 6.26 Å². The van der Waals surface area contributed by atoms with E-state index in [9.17, 15) is 8.42 Å². The molecule has 1 unspecified atom stereocenters. The molecule has 0 radical (unpaired) electrons. The molecule has 28 heavy (non-hydrogen) atoms. The lowest BCUT2D eigenvalue weighted by Crippen LogP contribution is -2.31. The van der Waals surface area contributed by atoms with Crippen molar-refractivity contribution in [2.45, 2.75) is 31.6 Å². The number of anilines is 1. The topological polar surface area (TPSA) is 49.4 Å². The smallest absolute Gasteiger partial charge is 0.229 e. The first-order chi connectivity index (χ1) is 13.4. The highest BCUT2D eigenvalue weighted by Gasteiger charge is 2.67. The predicted octanol–water partition coefficient (Wildman–Crippen LogP) is 3.90. The van der Waals surface area contributed by atoms with Crippen LogP contribution in [-0.4, -0.2) is 39.2 Å². The van der Waals surface area contributed by atoms with Crippen molar-refractivity contribution in [3.8, 4) is 0 Å². The Bertz CT molecular complexity index is 915.